The summed E-state index contributed by atoms with van der Waals surface area (Å²) in [6.07, 6.45) is 4.63. The number of halogens is 1. The van der Waals surface area contributed by atoms with E-state index in [1.54, 1.807) is 7.11 Å². The minimum atomic E-state index is 0.156. The molecule has 1 unspecified atom stereocenters. The highest BCUT2D eigenvalue weighted by atomic mass is 35.5. The number of benzene rings is 1. The highest BCUT2D eigenvalue weighted by Crippen LogP contribution is 2.31. The summed E-state index contributed by atoms with van der Waals surface area (Å²) < 4.78 is 5.48. The molecule has 3 rings (SSSR count). The number of nitrogens with zero attached hydrogens (tertiary/aromatic N) is 3. The lowest BCUT2D eigenvalue weighted by molar-refractivity contribution is 0.123. The van der Waals surface area contributed by atoms with E-state index in [9.17, 15) is 0 Å². The Kier molecular flexibility index (Phi) is 5.92. The molecule has 4 nitrogen and oxygen atoms in total. The normalized spacial score (nSPS) is 14.9. The van der Waals surface area contributed by atoms with Crippen LogP contribution < -0.4 is 4.90 Å². The third-order valence-electron chi connectivity index (χ3n) is 4.81. The van der Waals surface area contributed by atoms with E-state index < -0.39 is 0 Å². The van der Waals surface area contributed by atoms with E-state index in [0.29, 0.717) is 5.02 Å². The smallest absolute Gasteiger partial charge is 0.161 e. The number of hydrogen-bond donors (Lipinski definition) is 0. The summed E-state index contributed by atoms with van der Waals surface area (Å²) in [5.74, 6) is 1.83. The molecule has 0 spiro atoms. The molecule has 0 amide bonds. The van der Waals surface area contributed by atoms with E-state index in [0.717, 1.165) is 43.1 Å². The highest BCUT2D eigenvalue weighted by molar-refractivity contribution is 6.30. The fourth-order valence-electron chi connectivity index (χ4n) is 3.34. The average molecular weight is 360 g/mol. The SMILES string of the molecule is CCN(CC(C)OC)c1nc(-c2cccc(Cl)c2)nc2c1CCCC2. The number of likely N-dealkylation sites (N-methyl/N-ethyl adjacent to an activating group) is 1. The van der Waals surface area contributed by atoms with Gasteiger partial charge in [0.1, 0.15) is 5.82 Å². The van der Waals surface area contributed by atoms with Gasteiger partial charge in [-0.25, -0.2) is 9.97 Å². The van der Waals surface area contributed by atoms with Crippen LogP contribution in [0, 0.1) is 0 Å². The molecule has 5 heteroatoms. The molecule has 0 fully saturated rings. The zero-order valence-corrected chi connectivity index (χ0v) is 16.0. The Morgan fingerprint density at radius 2 is 2.04 bits per heavy atom. The van der Waals surface area contributed by atoms with Crippen molar-refractivity contribution < 1.29 is 4.74 Å². The first-order valence-corrected chi connectivity index (χ1v) is 9.43. The molecule has 1 atom stereocenters. The van der Waals surface area contributed by atoms with Gasteiger partial charge in [-0.15, -0.1) is 0 Å². The minimum absolute atomic E-state index is 0.156. The molecule has 0 saturated heterocycles. The maximum atomic E-state index is 6.17. The Morgan fingerprint density at radius 1 is 1.24 bits per heavy atom. The lowest BCUT2D eigenvalue weighted by Crippen LogP contribution is -2.34. The summed E-state index contributed by atoms with van der Waals surface area (Å²) >= 11 is 6.17. The molecule has 1 aliphatic rings. The van der Waals surface area contributed by atoms with E-state index >= 15 is 0 Å². The molecule has 0 saturated carbocycles. The topological polar surface area (TPSA) is 38.2 Å². The Hall–Kier alpha value is -1.65. The lowest BCUT2D eigenvalue weighted by Gasteiger charge is -2.29. The first-order chi connectivity index (χ1) is 12.1. The second-order valence-electron chi connectivity index (χ2n) is 6.60. The quantitative estimate of drug-likeness (QED) is 0.759. The number of hydrogen-bond acceptors (Lipinski definition) is 4. The van der Waals surface area contributed by atoms with Crippen LogP contribution in [-0.4, -0.2) is 36.3 Å². The van der Waals surface area contributed by atoms with Crippen LogP contribution in [0.1, 0.15) is 37.9 Å². The summed E-state index contributed by atoms with van der Waals surface area (Å²) in [5, 5.41) is 0.709. The van der Waals surface area contributed by atoms with E-state index in [2.05, 4.69) is 18.7 Å². The largest absolute Gasteiger partial charge is 0.380 e. The molecule has 1 aromatic carbocycles. The van der Waals surface area contributed by atoms with Crippen LogP contribution in [-0.2, 0) is 17.6 Å². The Morgan fingerprint density at radius 3 is 2.76 bits per heavy atom. The van der Waals surface area contributed by atoms with Crippen molar-refractivity contribution in [3.8, 4) is 11.4 Å². The summed E-state index contributed by atoms with van der Waals surface area (Å²) in [6, 6.07) is 7.78. The molecule has 1 heterocycles. The third kappa shape index (κ3) is 4.13. The van der Waals surface area contributed by atoms with Crippen molar-refractivity contribution in [1.29, 1.82) is 0 Å². The fourth-order valence-corrected chi connectivity index (χ4v) is 3.53. The monoisotopic (exact) mass is 359 g/mol. The first-order valence-electron chi connectivity index (χ1n) is 9.05. The number of rotatable bonds is 6. The number of fused-ring (bicyclic) bond motifs is 1. The van der Waals surface area contributed by atoms with Gasteiger partial charge in [-0.05, 0) is 51.7 Å². The number of methoxy groups -OCH3 is 1. The summed E-state index contributed by atoms with van der Waals surface area (Å²) in [5.41, 5.74) is 3.47. The van der Waals surface area contributed by atoms with Crippen molar-refractivity contribution in [3.05, 3.63) is 40.5 Å². The fraction of sp³-hybridized carbons (Fsp3) is 0.500. The van der Waals surface area contributed by atoms with Crippen molar-refractivity contribution in [3.63, 3.8) is 0 Å². The minimum Gasteiger partial charge on any atom is -0.380 e. The number of anilines is 1. The van der Waals surface area contributed by atoms with Crippen LogP contribution in [0.25, 0.3) is 11.4 Å². The van der Waals surface area contributed by atoms with Gasteiger partial charge in [0.25, 0.3) is 0 Å². The lowest BCUT2D eigenvalue weighted by atomic mass is 9.95. The molecule has 0 aliphatic heterocycles. The molecule has 25 heavy (non-hydrogen) atoms. The number of aryl methyl sites for hydroxylation is 1. The van der Waals surface area contributed by atoms with Gasteiger partial charge in [-0.3, -0.25) is 0 Å². The van der Waals surface area contributed by atoms with Gasteiger partial charge in [0, 0.05) is 42.0 Å². The molecular formula is C20H26ClN3O. The van der Waals surface area contributed by atoms with Gasteiger partial charge < -0.3 is 9.64 Å². The molecule has 134 valence electrons. The zero-order chi connectivity index (χ0) is 17.8. The number of ether oxygens (including phenoxy) is 1. The predicted molar refractivity (Wildman–Crippen MR) is 103 cm³/mol. The first kappa shape index (κ1) is 18.2. The maximum absolute atomic E-state index is 6.17. The van der Waals surface area contributed by atoms with E-state index in [1.807, 2.05) is 24.3 Å². The second-order valence-corrected chi connectivity index (χ2v) is 7.03. The highest BCUT2D eigenvalue weighted by Gasteiger charge is 2.22. The van der Waals surface area contributed by atoms with Gasteiger partial charge in [0.2, 0.25) is 0 Å². The summed E-state index contributed by atoms with van der Waals surface area (Å²) in [7, 11) is 1.76. The van der Waals surface area contributed by atoms with Crippen LogP contribution in [0.2, 0.25) is 5.02 Å². The molecule has 0 bridgehead atoms. The van der Waals surface area contributed by atoms with E-state index in [4.69, 9.17) is 26.3 Å². The van der Waals surface area contributed by atoms with Gasteiger partial charge in [-0.2, -0.15) is 0 Å². The van der Waals surface area contributed by atoms with Crippen LogP contribution in [0.15, 0.2) is 24.3 Å². The van der Waals surface area contributed by atoms with Gasteiger partial charge in [-0.1, -0.05) is 23.7 Å². The molecule has 0 radical (unpaired) electrons. The molecule has 2 aromatic rings. The molecule has 0 N–H and O–H groups in total. The predicted octanol–water partition coefficient (Wildman–Crippen LogP) is 4.54. The van der Waals surface area contributed by atoms with Gasteiger partial charge in [0.15, 0.2) is 5.82 Å². The van der Waals surface area contributed by atoms with Crippen LogP contribution in [0.5, 0.6) is 0 Å². The van der Waals surface area contributed by atoms with Gasteiger partial charge in [0.05, 0.1) is 6.10 Å². The standard InChI is InChI=1S/C20H26ClN3O/c1-4-24(13-14(2)25-3)20-17-10-5-6-11-18(17)22-19(23-20)15-8-7-9-16(21)12-15/h7-9,12,14H,4-6,10-11,13H2,1-3H3. The van der Waals surface area contributed by atoms with E-state index in [-0.39, 0.29) is 6.10 Å². The Labute approximate surface area is 155 Å². The van der Waals surface area contributed by atoms with E-state index in [1.165, 1.54) is 24.1 Å². The van der Waals surface area contributed by atoms with Crippen LogP contribution in [0.4, 0.5) is 5.82 Å². The summed E-state index contributed by atoms with van der Waals surface area (Å²) in [6.45, 7) is 5.98. The molecule has 1 aliphatic carbocycles. The second kappa shape index (κ2) is 8.15. The van der Waals surface area contributed by atoms with Crippen molar-refractivity contribution in [2.75, 3.05) is 25.1 Å². The van der Waals surface area contributed by atoms with Crippen molar-refractivity contribution in [2.24, 2.45) is 0 Å². The van der Waals surface area contributed by atoms with Crippen molar-refractivity contribution in [2.45, 2.75) is 45.6 Å². The van der Waals surface area contributed by atoms with Crippen LogP contribution in [0.3, 0.4) is 0 Å². The third-order valence-corrected chi connectivity index (χ3v) is 5.04. The Balaban J connectivity index is 2.07. The van der Waals surface area contributed by atoms with Crippen molar-refractivity contribution >= 4 is 17.4 Å². The maximum Gasteiger partial charge on any atom is 0.161 e. The Bertz CT molecular complexity index is 735. The summed E-state index contributed by atoms with van der Waals surface area (Å²) in [4.78, 5) is 12.1. The average Bonchev–Trinajstić information content (AvgIpc) is 2.65. The van der Waals surface area contributed by atoms with Gasteiger partial charge >= 0.3 is 0 Å². The molecular weight excluding hydrogens is 334 g/mol. The van der Waals surface area contributed by atoms with Crippen LogP contribution >= 0.6 is 11.6 Å². The molecule has 1 aromatic heterocycles. The van der Waals surface area contributed by atoms with Crippen molar-refractivity contribution in [1.82, 2.24) is 9.97 Å². The number of aromatic nitrogens is 2. The zero-order valence-electron chi connectivity index (χ0n) is 15.3.